The smallest absolute Gasteiger partial charge is 0.302 e. The Morgan fingerprint density at radius 3 is 1.05 bits per heavy atom. The SMILES string of the molecule is CC(=O)CCCOCCNC(C)=O.CC(=O)CCNC(C)=O.CC(=O)OCCOC(C)=O.CC(=O)OCCOC(C)=O. The highest BCUT2D eigenvalue weighted by atomic mass is 16.6. The monoisotopic (exact) mass is 608 g/mol. The van der Waals surface area contributed by atoms with Gasteiger partial charge in [-0.25, -0.2) is 0 Å². The zero-order chi connectivity index (χ0) is 33.3. The lowest BCUT2D eigenvalue weighted by molar-refractivity contribution is -0.149. The fourth-order valence-electron chi connectivity index (χ4n) is 1.98. The molecule has 15 nitrogen and oxygen atoms in total. The molecule has 0 aliphatic heterocycles. The summed E-state index contributed by atoms with van der Waals surface area (Å²) in [5.74, 6) is -1.32. The highest BCUT2D eigenvalue weighted by Crippen LogP contribution is 1.90. The quantitative estimate of drug-likeness (QED) is 0.142. The van der Waals surface area contributed by atoms with Crippen LogP contribution in [0, 0.1) is 0 Å². The molecule has 0 saturated carbocycles. The van der Waals surface area contributed by atoms with Gasteiger partial charge in [0.1, 0.15) is 38.0 Å². The topological polar surface area (TPSA) is 207 Å². The van der Waals surface area contributed by atoms with Crippen LogP contribution in [0.1, 0.15) is 74.7 Å². The third-order valence-corrected chi connectivity index (χ3v) is 3.68. The first-order chi connectivity index (χ1) is 19.5. The Kier molecular flexibility index (Phi) is 35.8. The third-order valence-electron chi connectivity index (χ3n) is 3.68. The second kappa shape index (κ2) is 33.3. The number of hydrogen-bond acceptors (Lipinski definition) is 13. The second-order valence-electron chi connectivity index (χ2n) is 8.20. The van der Waals surface area contributed by atoms with Crippen LogP contribution in [-0.4, -0.2) is 100.0 Å². The van der Waals surface area contributed by atoms with Crippen LogP contribution in [0.15, 0.2) is 0 Å². The molecule has 2 N–H and O–H groups in total. The summed E-state index contributed by atoms with van der Waals surface area (Å²) in [5, 5.41) is 5.13. The molecule has 0 aromatic rings. The van der Waals surface area contributed by atoms with Crippen LogP contribution in [0.25, 0.3) is 0 Å². The predicted molar refractivity (Wildman–Crippen MR) is 150 cm³/mol. The normalized spacial score (nSPS) is 8.95. The number of ether oxygens (including phenoxy) is 5. The molecule has 2 amide bonds. The number of Topliss-reactive ketones (excluding diaryl/α,β-unsaturated/α-hetero) is 2. The first kappa shape index (κ1) is 45.1. The van der Waals surface area contributed by atoms with Crippen molar-refractivity contribution < 1.29 is 62.0 Å². The molecule has 0 rings (SSSR count). The lowest BCUT2D eigenvalue weighted by atomic mass is 10.2. The summed E-state index contributed by atoms with van der Waals surface area (Å²) in [6.07, 6.45) is 1.76. The molecule has 0 bridgehead atoms. The molecule has 0 radical (unpaired) electrons. The van der Waals surface area contributed by atoms with Crippen LogP contribution in [0.4, 0.5) is 0 Å². The van der Waals surface area contributed by atoms with E-state index in [0.717, 1.165) is 6.42 Å². The van der Waals surface area contributed by atoms with Crippen molar-refractivity contribution in [3.8, 4) is 0 Å². The van der Waals surface area contributed by atoms with Crippen LogP contribution >= 0.6 is 0 Å². The highest BCUT2D eigenvalue weighted by molar-refractivity contribution is 5.77. The van der Waals surface area contributed by atoms with Gasteiger partial charge in [-0.15, -0.1) is 0 Å². The van der Waals surface area contributed by atoms with E-state index < -0.39 is 0 Å². The van der Waals surface area contributed by atoms with Gasteiger partial charge in [0.25, 0.3) is 0 Å². The molecule has 0 spiro atoms. The van der Waals surface area contributed by atoms with Gasteiger partial charge in [-0.05, 0) is 20.3 Å². The molecule has 0 unspecified atom stereocenters. The van der Waals surface area contributed by atoms with Crippen LogP contribution < -0.4 is 10.6 Å². The molecule has 0 heterocycles. The fourth-order valence-corrected chi connectivity index (χ4v) is 1.98. The number of esters is 4. The van der Waals surface area contributed by atoms with Crippen LogP contribution in [0.5, 0.6) is 0 Å². The van der Waals surface area contributed by atoms with Gasteiger partial charge in [-0.1, -0.05) is 0 Å². The molecule has 244 valence electrons. The highest BCUT2D eigenvalue weighted by Gasteiger charge is 1.96. The van der Waals surface area contributed by atoms with Crippen molar-refractivity contribution in [2.75, 3.05) is 52.7 Å². The standard InChI is InChI=1S/C9H17NO3.C6H11NO2.2C6H10O4/c1-8(11)4-3-6-13-7-5-10-9(2)12;1-5(8)3-4-7-6(2)9;2*1-5(7)9-3-4-10-6(2)8/h3-7H2,1-2H3,(H,10,12);3-4H2,1-2H3,(H,7,9);2*3-4H2,1-2H3. The maximum atomic E-state index is 10.5. The number of hydrogen-bond donors (Lipinski definition) is 2. The lowest BCUT2D eigenvalue weighted by Gasteiger charge is -2.03. The number of ketones is 2. The number of amides is 2. The molecule has 0 aromatic heterocycles. The van der Waals surface area contributed by atoms with E-state index in [0.29, 0.717) is 39.1 Å². The molecular weight excluding hydrogens is 560 g/mol. The number of rotatable bonds is 16. The second-order valence-corrected chi connectivity index (χ2v) is 8.20. The largest absolute Gasteiger partial charge is 0.462 e. The van der Waals surface area contributed by atoms with Crippen molar-refractivity contribution in [3.05, 3.63) is 0 Å². The van der Waals surface area contributed by atoms with Gasteiger partial charge in [0.15, 0.2) is 0 Å². The van der Waals surface area contributed by atoms with Crippen LogP contribution in [0.3, 0.4) is 0 Å². The Hall–Kier alpha value is -3.88. The van der Waals surface area contributed by atoms with Crippen molar-refractivity contribution in [2.45, 2.75) is 74.7 Å². The van der Waals surface area contributed by atoms with Gasteiger partial charge in [0.2, 0.25) is 11.8 Å². The van der Waals surface area contributed by atoms with Crippen LogP contribution in [-0.2, 0) is 62.0 Å². The molecule has 0 fully saturated rings. The minimum absolute atomic E-state index is 0.0488. The zero-order valence-electron chi connectivity index (χ0n) is 26.1. The number of carbonyl (C=O) groups excluding carboxylic acids is 8. The van der Waals surface area contributed by atoms with E-state index in [2.05, 4.69) is 29.6 Å². The van der Waals surface area contributed by atoms with Crippen molar-refractivity contribution in [1.82, 2.24) is 10.6 Å². The summed E-state index contributed by atoms with van der Waals surface area (Å²) in [4.78, 5) is 81.9. The third kappa shape index (κ3) is 65.3. The van der Waals surface area contributed by atoms with Gasteiger partial charge in [-0.3, -0.25) is 33.6 Å². The fraction of sp³-hybridized carbons (Fsp3) is 0.704. The van der Waals surface area contributed by atoms with Gasteiger partial charge in [0, 0.05) is 74.1 Å². The maximum absolute atomic E-state index is 10.5. The summed E-state index contributed by atoms with van der Waals surface area (Å²) in [6.45, 7) is 13.8. The van der Waals surface area contributed by atoms with Gasteiger partial charge in [-0.2, -0.15) is 0 Å². The minimum Gasteiger partial charge on any atom is -0.462 e. The predicted octanol–water partition coefficient (Wildman–Crippen LogP) is 0.835. The molecule has 0 aromatic carbocycles. The van der Waals surface area contributed by atoms with E-state index in [1.165, 1.54) is 48.5 Å². The van der Waals surface area contributed by atoms with Gasteiger partial charge < -0.3 is 39.1 Å². The minimum atomic E-state index is -0.368. The Labute approximate surface area is 247 Å². The Morgan fingerprint density at radius 1 is 0.429 bits per heavy atom. The molecule has 0 aliphatic rings. The molecular formula is C27H48N2O13. The van der Waals surface area contributed by atoms with E-state index in [9.17, 15) is 38.4 Å². The first-order valence-corrected chi connectivity index (χ1v) is 13.1. The zero-order valence-corrected chi connectivity index (χ0v) is 26.1. The summed E-state index contributed by atoms with van der Waals surface area (Å²) in [7, 11) is 0. The van der Waals surface area contributed by atoms with E-state index >= 15 is 0 Å². The number of nitrogens with one attached hydrogen (secondary N) is 2. The van der Waals surface area contributed by atoms with Crippen molar-refractivity contribution in [2.24, 2.45) is 0 Å². The summed E-state index contributed by atoms with van der Waals surface area (Å²) in [6, 6.07) is 0. The van der Waals surface area contributed by atoms with E-state index in [1.54, 1.807) is 6.92 Å². The van der Waals surface area contributed by atoms with E-state index in [1.807, 2.05) is 0 Å². The van der Waals surface area contributed by atoms with Crippen molar-refractivity contribution in [3.63, 3.8) is 0 Å². The average molecular weight is 609 g/mol. The van der Waals surface area contributed by atoms with Crippen molar-refractivity contribution in [1.29, 1.82) is 0 Å². The summed E-state index contributed by atoms with van der Waals surface area (Å²) < 4.78 is 23.1. The molecule has 15 heteroatoms. The number of carbonyl (C=O) groups is 8. The molecule has 42 heavy (non-hydrogen) atoms. The molecule has 0 atom stereocenters. The summed E-state index contributed by atoms with van der Waals surface area (Å²) >= 11 is 0. The van der Waals surface area contributed by atoms with Gasteiger partial charge >= 0.3 is 23.9 Å². The Bertz CT molecular complexity index is 718. The van der Waals surface area contributed by atoms with Gasteiger partial charge in [0.05, 0.1) is 6.61 Å². The molecule has 0 aliphatic carbocycles. The van der Waals surface area contributed by atoms with E-state index in [-0.39, 0.29) is 73.7 Å². The van der Waals surface area contributed by atoms with E-state index in [4.69, 9.17) is 4.74 Å². The van der Waals surface area contributed by atoms with Crippen LogP contribution in [0.2, 0.25) is 0 Å². The Morgan fingerprint density at radius 2 is 0.762 bits per heavy atom. The van der Waals surface area contributed by atoms with Crippen molar-refractivity contribution >= 4 is 47.3 Å². The maximum Gasteiger partial charge on any atom is 0.302 e. The Balaban J connectivity index is -0.000000232. The summed E-state index contributed by atoms with van der Waals surface area (Å²) in [5.41, 5.74) is 0. The lowest BCUT2D eigenvalue weighted by Crippen LogP contribution is -2.24. The average Bonchev–Trinajstić information content (AvgIpc) is 2.84. The molecule has 0 saturated heterocycles. The first-order valence-electron chi connectivity index (χ1n) is 13.1.